The van der Waals surface area contributed by atoms with Crippen LogP contribution in [0.3, 0.4) is 0 Å². The van der Waals surface area contributed by atoms with Gasteiger partial charge in [0.15, 0.2) is 17.0 Å². The van der Waals surface area contributed by atoms with Gasteiger partial charge in [0.25, 0.3) is 5.56 Å². The van der Waals surface area contributed by atoms with E-state index in [1.165, 1.54) is 16.7 Å². The van der Waals surface area contributed by atoms with Crippen molar-refractivity contribution in [1.82, 2.24) is 28.5 Å². The molecule has 0 bridgehead atoms. The molecule has 0 unspecified atom stereocenters. The number of fused-ring (bicyclic) bond motifs is 1. The number of hydrogen-bond donors (Lipinski definition) is 0. The quantitative estimate of drug-likeness (QED) is 0.383. The van der Waals surface area contributed by atoms with Gasteiger partial charge in [-0.15, -0.1) is 0 Å². The molecule has 0 N–H and O–H groups in total. The lowest BCUT2D eigenvalue weighted by Gasteiger charge is -2.11. The summed E-state index contributed by atoms with van der Waals surface area (Å²) in [6.45, 7) is 10.8. The van der Waals surface area contributed by atoms with Gasteiger partial charge in [0.2, 0.25) is 0 Å². The summed E-state index contributed by atoms with van der Waals surface area (Å²) in [6.07, 6.45) is 4.81. The molecule has 0 amide bonds. The molecule has 3 aromatic heterocycles. The molecular weight excluding hydrogens is 447 g/mol. The summed E-state index contributed by atoms with van der Waals surface area (Å²) in [5.41, 5.74) is 1.93. The summed E-state index contributed by atoms with van der Waals surface area (Å²) in [7, 11) is 0. The van der Waals surface area contributed by atoms with Crippen LogP contribution in [0.1, 0.15) is 39.2 Å². The van der Waals surface area contributed by atoms with Gasteiger partial charge in [-0.2, -0.15) is 5.10 Å². The molecule has 3 heterocycles. The van der Waals surface area contributed by atoms with Crippen molar-refractivity contribution >= 4 is 16.9 Å². The Labute approximate surface area is 202 Å². The molecule has 0 aliphatic heterocycles. The van der Waals surface area contributed by atoms with Gasteiger partial charge in [-0.3, -0.25) is 23.2 Å². The monoisotopic (exact) mass is 474 g/mol. The van der Waals surface area contributed by atoms with Gasteiger partial charge >= 0.3 is 5.69 Å². The SMILES string of the molecule is C=C(C)n1c(-c2cnn(CC#Cc3ccc(F)cc3)c2)nc2c1c(=O)n(CCC)c(=O)n2CCC. The molecule has 0 aliphatic rings. The molecule has 9 heteroatoms. The van der Waals surface area contributed by atoms with Crippen LogP contribution in [-0.4, -0.2) is 28.5 Å². The smallest absolute Gasteiger partial charge is 0.291 e. The third-order valence-electron chi connectivity index (χ3n) is 5.51. The first-order chi connectivity index (χ1) is 16.8. The number of rotatable bonds is 7. The Hall–Kier alpha value is -4.19. The van der Waals surface area contributed by atoms with Crippen LogP contribution in [0, 0.1) is 17.7 Å². The molecule has 1 aromatic carbocycles. The van der Waals surface area contributed by atoms with E-state index in [0.29, 0.717) is 59.9 Å². The zero-order valence-corrected chi connectivity index (χ0v) is 20.1. The fourth-order valence-corrected chi connectivity index (χ4v) is 3.97. The molecule has 0 aliphatic carbocycles. The average molecular weight is 475 g/mol. The highest BCUT2D eigenvalue weighted by molar-refractivity contribution is 5.81. The Morgan fingerprint density at radius 1 is 1.09 bits per heavy atom. The van der Waals surface area contributed by atoms with E-state index < -0.39 is 0 Å². The molecule has 0 fully saturated rings. The van der Waals surface area contributed by atoms with E-state index in [1.54, 1.807) is 45.3 Å². The molecule has 0 spiro atoms. The van der Waals surface area contributed by atoms with Crippen LogP contribution in [0.25, 0.3) is 28.2 Å². The van der Waals surface area contributed by atoms with Gasteiger partial charge in [0.05, 0.1) is 11.8 Å². The molecule has 0 atom stereocenters. The number of aromatic nitrogens is 6. The van der Waals surface area contributed by atoms with E-state index in [1.807, 2.05) is 13.8 Å². The average Bonchev–Trinajstić information content (AvgIpc) is 3.46. The number of nitrogens with zero attached hydrogens (tertiary/aromatic N) is 6. The molecule has 180 valence electrons. The first-order valence-corrected chi connectivity index (χ1v) is 11.5. The fraction of sp³-hybridized carbons (Fsp3) is 0.308. The van der Waals surface area contributed by atoms with Crippen molar-refractivity contribution in [2.24, 2.45) is 0 Å². The number of aryl methyl sites for hydroxylation is 1. The second-order valence-corrected chi connectivity index (χ2v) is 8.30. The molecule has 0 saturated carbocycles. The van der Waals surface area contributed by atoms with Crippen molar-refractivity contribution in [3.05, 3.63) is 75.5 Å². The predicted molar refractivity (Wildman–Crippen MR) is 134 cm³/mol. The maximum atomic E-state index is 13.4. The Balaban J connectivity index is 1.80. The van der Waals surface area contributed by atoms with Gasteiger partial charge in [-0.1, -0.05) is 32.3 Å². The van der Waals surface area contributed by atoms with E-state index in [2.05, 4.69) is 23.5 Å². The molecular formula is C26H27FN6O2. The number of allylic oxidation sites excluding steroid dienone is 1. The van der Waals surface area contributed by atoms with Crippen LogP contribution in [0.5, 0.6) is 0 Å². The fourth-order valence-electron chi connectivity index (χ4n) is 3.97. The van der Waals surface area contributed by atoms with Crippen molar-refractivity contribution in [1.29, 1.82) is 0 Å². The second kappa shape index (κ2) is 9.97. The largest absolute Gasteiger partial charge is 0.332 e. The molecule has 4 aromatic rings. The summed E-state index contributed by atoms with van der Waals surface area (Å²) in [6, 6.07) is 5.97. The van der Waals surface area contributed by atoms with Gasteiger partial charge in [-0.25, -0.2) is 14.2 Å². The van der Waals surface area contributed by atoms with Crippen molar-refractivity contribution in [3.8, 4) is 23.2 Å². The highest BCUT2D eigenvalue weighted by atomic mass is 19.1. The molecule has 35 heavy (non-hydrogen) atoms. The Morgan fingerprint density at radius 2 is 1.77 bits per heavy atom. The number of benzene rings is 1. The summed E-state index contributed by atoms with van der Waals surface area (Å²) in [5, 5.41) is 4.37. The lowest BCUT2D eigenvalue weighted by Crippen LogP contribution is -2.40. The standard InChI is InChI=1S/C26H27FN6O2/c1-5-13-31-24-22(25(34)32(14-6-2)26(31)35)33(18(3)4)23(29-24)20-16-28-30(17-20)15-7-8-19-9-11-21(27)12-10-19/h9-12,16-17H,3,5-6,13-15H2,1-2,4H3. The predicted octanol–water partition coefficient (Wildman–Crippen LogP) is 3.72. The Bertz CT molecular complexity index is 1570. The normalized spacial score (nSPS) is 11.0. The number of halogens is 1. The zero-order chi connectivity index (χ0) is 25.1. The molecule has 4 rings (SSSR count). The summed E-state index contributed by atoms with van der Waals surface area (Å²) in [5.74, 6) is 6.17. The summed E-state index contributed by atoms with van der Waals surface area (Å²) < 4.78 is 19.3. The van der Waals surface area contributed by atoms with Gasteiger partial charge in [-0.05, 0) is 44.0 Å². The van der Waals surface area contributed by atoms with Gasteiger partial charge in [0, 0.05) is 30.5 Å². The third-order valence-corrected chi connectivity index (χ3v) is 5.51. The Kier molecular flexibility index (Phi) is 6.82. The maximum absolute atomic E-state index is 13.4. The van der Waals surface area contributed by atoms with E-state index in [0.717, 1.165) is 6.42 Å². The minimum atomic E-state index is -0.376. The minimum Gasteiger partial charge on any atom is -0.291 e. The lowest BCUT2D eigenvalue weighted by molar-refractivity contribution is 0.555. The van der Waals surface area contributed by atoms with Crippen molar-refractivity contribution in [3.63, 3.8) is 0 Å². The first-order valence-electron chi connectivity index (χ1n) is 11.5. The van der Waals surface area contributed by atoms with Gasteiger partial charge < -0.3 is 0 Å². The van der Waals surface area contributed by atoms with Gasteiger partial charge in [0.1, 0.15) is 12.4 Å². The maximum Gasteiger partial charge on any atom is 0.332 e. The topological polar surface area (TPSA) is 79.6 Å². The van der Waals surface area contributed by atoms with Crippen molar-refractivity contribution in [2.75, 3.05) is 0 Å². The van der Waals surface area contributed by atoms with Crippen LogP contribution in [0.4, 0.5) is 4.39 Å². The summed E-state index contributed by atoms with van der Waals surface area (Å²) in [4.78, 5) is 31.1. The van der Waals surface area contributed by atoms with Crippen LogP contribution in [0.2, 0.25) is 0 Å². The minimum absolute atomic E-state index is 0.307. The van der Waals surface area contributed by atoms with E-state index in [4.69, 9.17) is 4.98 Å². The lowest BCUT2D eigenvalue weighted by atomic mass is 10.2. The number of hydrogen-bond acceptors (Lipinski definition) is 4. The van der Waals surface area contributed by atoms with Crippen LogP contribution < -0.4 is 11.2 Å². The van der Waals surface area contributed by atoms with E-state index in [-0.39, 0.29) is 17.1 Å². The second-order valence-electron chi connectivity index (χ2n) is 8.30. The van der Waals surface area contributed by atoms with E-state index >= 15 is 0 Å². The molecule has 0 radical (unpaired) electrons. The molecule has 8 nitrogen and oxygen atoms in total. The van der Waals surface area contributed by atoms with Crippen molar-refractivity contribution in [2.45, 2.75) is 53.2 Å². The zero-order valence-electron chi connectivity index (χ0n) is 20.1. The van der Waals surface area contributed by atoms with Crippen LogP contribution in [-0.2, 0) is 19.6 Å². The first kappa shape index (κ1) is 24.0. The highest BCUT2D eigenvalue weighted by Crippen LogP contribution is 2.25. The van der Waals surface area contributed by atoms with Crippen LogP contribution in [0.15, 0.2) is 52.8 Å². The highest BCUT2D eigenvalue weighted by Gasteiger charge is 2.23. The van der Waals surface area contributed by atoms with Crippen LogP contribution >= 0.6 is 0 Å². The van der Waals surface area contributed by atoms with Crippen molar-refractivity contribution < 1.29 is 4.39 Å². The van der Waals surface area contributed by atoms with E-state index in [9.17, 15) is 14.0 Å². The summed E-state index contributed by atoms with van der Waals surface area (Å²) >= 11 is 0. The third kappa shape index (κ3) is 4.60. The number of imidazole rings is 1. The molecule has 0 saturated heterocycles. The Morgan fingerprint density at radius 3 is 2.43 bits per heavy atom.